The van der Waals surface area contributed by atoms with Gasteiger partial charge in [0.1, 0.15) is 11.4 Å². The highest BCUT2D eigenvalue weighted by molar-refractivity contribution is 6.00. The van der Waals surface area contributed by atoms with E-state index in [9.17, 15) is 0 Å². The zero-order valence-corrected chi connectivity index (χ0v) is 18.6. The normalized spacial score (nSPS) is 11.5. The maximum absolute atomic E-state index is 5.36. The second-order valence-electron chi connectivity index (χ2n) is 7.03. The molecule has 1 heterocycles. The van der Waals surface area contributed by atoms with Crippen molar-refractivity contribution in [3.63, 3.8) is 0 Å². The molecule has 0 saturated heterocycles. The molecule has 0 spiro atoms. The number of hydrazone groups is 1. The predicted octanol–water partition coefficient (Wildman–Crippen LogP) is 4.96. The van der Waals surface area contributed by atoms with Crippen molar-refractivity contribution in [3.8, 4) is 17.2 Å². The molecule has 0 radical (unpaired) electrons. The summed E-state index contributed by atoms with van der Waals surface area (Å²) in [6.45, 7) is 0. The van der Waals surface area contributed by atoms with Gasteiger partial charge in [-0.1, -0.05) is 24.3 Å². The third-order valence-corrected chi connectivity index (χ3v) is 4.95. The van der Waals surface area contributed by atoms with E-state index in [1.807, 2.05) is 78.9 Å². The number of para-hydroxylation sites is 1. The van der Waals surface area contributed by atoms with Gasteiger partial charge in [0, 0.05) is 5.39 Å². The Hall–Kier alpha value is -4.39. The third kappa shape index (κ3) is 5.27. The summed E-state index contributed by atoms with van der Waals surface area (Å²) in [6, 6.07) is 24.9. The van der Waals surface area contributed by atoms with Crippen molar-refractivity contribution in [1.29, 1.82) is 0 Å². The smallest absolute Gasteiger partial charge is 0.173 e. The first kappa shape index (κ1) is 21.8. The Morgan fingerprint density at radius 3 is 2.36 bits per heavy atom. The average Bonchev–Trinajstić information content (AvgIpc) is 2.88. The molecular formula is C26H24N4O3. The van der Waals surface area contributed by atoms with E-state index < -0.39 is 0 Å². The molecular weight excluding hydrogens is 416 g/mol. The molecule has 4 aromatic rings. The number of nitrogens with zero attached hydrogens (tertiary/aromatic N) is 3. The highest BCUT2D eigenvalue weighted by Gasteiger charge is 2.08. The number of hydrogen-bond acceptors (Lipinski definition) is 6. The molecule has 0 aliphatic heterocycles. The predicted molar refractivity (Wildman–Crippen MR) is 131 cm³/mol. The van der Waals surface area contributed by atoms with Crippen molar-refractivity contribution in [2.24, 2.45) is 10.1 Å². The molecule has 0 bridgehead atoms. The maximum atomic E-state index is 5.36. The standard InChI is InChI=1S/C26H24N4O3/c1-31-21-12-10-20(11-13-21)28-26(23-14-9-19-6-4-5-7-22(19)29-23)30-27-17-18-8-15-24(32-2)25(16-18)33-3/h4-17H,1-3H3,(H,28,30)/b27-17+. The Kier molecular flexibility index (Phi) is 6.80. The van der Waals surface area contributed by atoms with Crippen LogP contribution < -0.4 is 19.6 Å². The fourth-order valence-corrected chi connectivity index (χ4v) is 3.22. The quantitative estimate of drug-likeness (QED) is 0.250. The zero-order chi connectivity index (χ0) is 23.0. The summed E-state index contributed by atoms with van der Waals surface area (Å²) in [6.07, 6.45) is 1.69. The highest BCUT2D eigenvalue weighted by Crippen LogP contribution is 2.27. The van der Waals surface area contributed by atoms with Crippen LogP contribution in [0.5, 0.6) is 17.2 Å². The Labute approximate surface area is 192 Å². The van der Waals surface area contributed by atoms with E-state index in [0.717, 1.165) is 27.9 Å². The first-order valence-electron chi connectivity index (χ1n) is 10.3. The molecule has 7 nitrogen and oxygen atoms in total. The number of hydrogen-bond donors (Lipinski definition) is 1. The largest absolute Gasteiger partial charge is 0.497 e. The van der Waals surface area contributed by atoms with Crippen molar-refractivity contribution in [2.75, 3.05) is 21.3 Å². The van der Waals surface area contributed by atoms with Gasteiger partial charge in [0.15, 0.2) is 17.3 Å². The highest BCUT2D eigenvalue weighted by atomic mass is 16.5. The van der Waals surface area contributed by atoms with Crippen LogP contribution >= 0.6 is 0 Å². The van der Waals surface area contributed by atoms with Crippen molar-refractivity contribution < 1.29 is 14.2 Å². The van der Waals surface area contributed by atoms with Crippen LogP contribution in [-0.2, 0) is 0 Å². The lowest BCUT2D eigenvalue weighted by Crippen LogP contribution is -2.20. The minimum Gasteiger partial charge on any atom is -0.497 e. The molecule has 3 aromatic carbocycles. The number of aromatic nitrogens is 1. The van der Waals surface area contributed by atoms with Crippen molar-refractivity contribution in [1.82, 2.24) is 10.4 Å². The number of methoxy groups -OCH3 is 3. The number of ether oxygens (including phenoxy) is 3. The lowest BCUT2D eigenvalue weighted by molar-refractivity contribution is 0.355. The van der Waals surface area contributed by atoms with E-state index in [1.54, 1.807) is 27.5 Å². The second-order valence-corrected chi connectivity index (χ2v) is 7.03. The number of aliphatic imine (C=N–C) groups is 1. The molecule has 33 heavy (non-hydrogen) atoms. The van der Waals surface area contributed by atoms with Crippen LogP contribution in [-0.4, -0.2) is 38.4 Å². The molecule has 0 fully saturated rings. The zero-order valence-electron chi connectivity index (χ0n) is 18.6. The van der Waals surface area contributed by atoms with Gasteiger partial charge in [-0.25, -0.2) is 9.98 Å². The number of nitrogens with one attached hydrogen (secondary N) is 1. The average molecular weight is 441 g/mol. The van der Waals surface area contributed by atoms with Gasteiger partial charge >= 0.3 is 0 Å². The molecule has 0 unspecified atom stereocenters. The second kappa shape index (κ2) is 10.3. The van der Waals surface area contributed by atoms with E-state index in [2.05, 4.69) is 10.5 Å². The fourth-order valence-electron chi connectivity index (χ4n) is 3.22. The molecule has 0 saturated carbocycles. The summed E-state index contributed by atoms with van der Waals surface area (Å²) >= 11 is 0. The number of benzene rings is 3. The lowest BCUT2D eigenvalue weighted by atomic mass is 10.2. The molecule has 0 aliphatic rings. The van der Waals surface area contributed by atoms with E-state index in [0.29, 0.717) is 23.0 Å². The van der Waals surface area contributed by atoms with Gasteiger partial charge in [0.25, 0.3) is 0 Å². The van der Waals surface area contributed by atoms with Crippen LogP contribution in [0.2, 0.25) is 0 Å². The molecule has 0 atom stereocenters. The number of fused-ring (bicyclic) bond motifs is 1. The van der Waals surface area contributed by atoms with Crippen LogP contribution in [0.3, 0.4) is 0 Å². The SMILES string of the molecule is COc1ccc(N=C(N/N=C/c2ccc(OC)c(OC)c2)c2ccc3ccccc3n2)cc1. The summed E-state index contributed by atoms with van der Waals surface area (Å²) in [5.74, 6) is 2.57. The molecule has 166 valence electrons. The number of amidine groups is 1. The van der Waals surface area contributed by atoms with Gasteiger partial charge < -0.3 is 14.2 Å². The molecule has 1 N–H and O–H groups in total. The van der Waals surface area contributed by atoms with Gasteiger partial charge in [0.05, 0.1) is 38.7 Å². The van der Waals surface area contributed by atoms with Gasteiger partial charge in [-0.3, -0.25) is 5.43 Å². The van der Waals surface area contributed by atoms with E-state index in [-0.39, 0.29) is 0 Å². The summed E-state index contributed by atoms with van der Waals surface area (Å²) in [7, 11) is 4.83. The van der Waals surface area contributed by atoms with Gasteiger partial charge in [-0.05, 0) is 60.2 Å². The molecule has 4 rings (SSSR count). The maximum Gasteiger partial charge on any atom is 0.173 e. The van der Waals surface area contributed by atoms with E-state index >= 15 is 0 Å². The molecule has 0 aliphatic carbocycles. The van der Waals surface area contributed by atoms with Crippen LogP contribution in [0.1, 0.15) is 11.3 Å². The Balaban J connectivity index is 1.66. The van der Waals surface area contributed by atoms with Crippen LogP contribution in [0.4, 0.5) is 5.69 Å². The van der Waals surface area contributed by atoms with Crippen LogP contribution in [0.15, 0.2) is 89.0 Å². The van der Waals surface area contributed by atoms with Gasteiger partial charge in [-0.15, -0.1) is 0 Å². The van der Waals surface area contributed by atoms with Gasteiger partial charge in [-0.2, -0.15) is 5.10 Å². The Bertz CT molecular complexity index is 1300. The Morgan fingerprint density at radius 1 is 0.818 bits per heavy atom. The van der Waals surface area contributed by atoms with E-state index in [4.69, 9.17) is 24.2 Å². The monoisotopic (exact) mass is 440 g/mol. The number of pyridine rings is 1. The van der Waals surface area contributed by atoms with Crippen LogP contribution in [0.25, 0.3) is 10.9 Å². The minimum atomic E-state index is 0.516. The Morgan fingerprint density at radius 2 is 1.61 bits per heavy atom. The third-order valence-electron chi connectivity index (χ3n) is 4.95. The first-order chi connectivity index (χ1) is 16.2. The lowest BCUT2D eigenvalue weighted by Gasteiger charge is -2.09. The fraction of sp³-hybridized carbons (Fsp3) is 0.115. The summed E-state index contributed by atoms with van der Waals surface area (Å²) < 4.78 is 15.9. The molecule has 0 amide bonds. The molecule has 1 aromatic heterocycles. The van der Waals surface area contributed by atoms with Crippen LogP contribution in [0, 0.1) is 0 Å². The summed E-state index contributed by atoms with van der Waals surface area (Å²) in [5.41, 5.74) is 6.19. The van der Waals surface area contributed by atoms with Crippen molar-refractivity contribution >= 4 is 28.6 Å². The minimum absolute atomic E-state index is 0.516. The summed E-state index contributed by atoms with van der Waals surface area (Å²) in [5, 5.41) is 5.45. The first-order valence-corrected chi connectivity index (χ1v) is 10.3. The topological polar surface area (TPSA) is 77.3 Å². The van der Waals surface area contributed by atoms with Gasteiger partial charge in [0.2, 0.25) is 0 Å². The number of rotatable bonds is 7. The molecule has 7 heteroatoms. The van der Waals surface area contributed by atoms with Crippen molar-refractivity contribution in [2.45, 2.75) is 0 Å². The summed E-state index contributed by atoms with van der Waals surface area (Å²) in [4.78, 5) is 9.49. The van der Waals surface area contributed by atoms with E-state index in [1.165, 1.54) is 0 Å². The van der Waals surface area contributed by atoms with Crippen molar-refractivity contribution in [3.05, 3.63) is 90.1 Å².